The van der Waals surface area contributed by atoms with Gasteiger partial charge in [0.2, 0.25) is 0 Å². The predicted molar refractivity (Wildman–Crippen MR) is 108 cm³/mol. The maximum absolute atomic E-state index is 11.1. The number of rotatable bonds is 17. The van der Waals surface area contributed by atoms with Crippen molar-refractivity contribution in [1.82, 2.24) is 9.55 Å². The number of methoxy groups -OCH3 is 1. The Hall–Kier alpha value is -1.32. The molecular formula is C22H40N2O2. The van der Waals surface area contributed by atoms with Crippen molar-refractivity contribution in [2.45, 2.75) is 109 Å². The van der Waals surface area contributed by atoms with E-state index in [1.165, 1.54) is 84.2 Å². The van der Waals surface area contributed by atoms with Crippen LogP contribution in [-0.4, -0.2) is 22.6 Å². The third-order valence-corrected chi connectivity index (χ3v) is 5.23. The summed E-state index contributed by atoms with van der Waals surface area (Å²) in [5, 5.41) is 0. The Kier molecular flexibility index (Phi) is 13.9. The molecule has 4 heteroatoms. The summed E-state index contributed by atoms with van der Waals surface area (Å²) in [5.41, 5.74) is 0. The van der Waals surface area contributed by atoms with Crippen LogP contribution in [0.25, 0.3) is 0 Å². The molecule has 0 saturated carbocycles. The quantitative estimate of drug-likeness (QED) is 0.235. The highest BCUT2D eigenvalue weighted by molar-refractivity contribution is 5.68. The monoisotopic (exact) mass is 364 g/mol. The molecule has 1 aromatic rings. The molecule has 0 spiro atoms. The molecule has 1 atom stereocenters. The number of nitrogens with zero attached hydrogens (tertiary/aromatic N) is 2. The Morgan fingerprint density at radius 1 is 0.923 bits per heavy atom. The lowest BCUT2D eigenvalue weighted by Gasteiger charge is -2.18. The minimum absolute atomic E-state index is 0.0870. The van der Waals surface area contributed by atoms with Crippen LogP contribution in [0.5, 0.6) is 0 Å². The maximum Gasteiger partial charge on any atom is 0.305 e. The fourth-order valence-electron chi connectivity index (χ4n) is 3.55. The van der Waals surface area contributed by atoms with E-state index in [9.17, 15) is 4.79 Å². The highest BCUT2D eigenvalue weighted by Crippen LogP contribution is 2.23. The summed E-state index contributed by atoms with van der Waals surface area (Å²) in [5.74, 6) is -0.0870. The van der Waals surface area contributed by atoms with Crippen molar-refractivity contribution in [1.29, 1.82) is 0 Å². The van der Waals surface area contributed by atoms with Gasteiger partial charge in [0.05, 0.1) is 13.4 Å². The van der Waals surface area contributed by atoms with Gasteiger partial charge in [-0.25, -0.2) is 4.98 Å². The van der Waals surface area contributed by atoms with E-state index in [4.69, 9.17) is 0 Å². The lowest BCUT2D eigenvalue weighted by Crippen LogP contribution is -2.07. The van der Waals surface area contributed by atoms with Crippen LogP contribution in [0.3, 0.4) is 0 Å². The SMILES string of the molecule is CCCCCCCCCCC(CCCCCCC(=O)OC)n1ccnc1. The molecule has 4 nitrogen and oxygen atoms in total. The standard InChI is InChI=1S/C22H40N2O2/c1-3-4-5-6-7-8-9-12-15-21(24-19-18-23-20-24)16-13-10-11-14-17-22(25)26-2/h18-21H,3-17H2,1-2H3. The summed E-state index contributed by atoms with van der Waals surface area (Å²) >= 11 is 0. The lowest BCUT2D eigenvalue weighted by atomic mass is 10.00. The number of hydrogen-bond donors (Lipinski definition) is 0. The molecule has 1 aromatic heterocycles. The Morgan fingerprint density at radius 2 is 1.50 bits per heavy atom. The Labute approximate surface area is 160 Å². The van der Waals surface area contributed by atoms with Crippen molar-refractivity contribution in [2.75, 3.05) is 7.11 Å². The van der Waals surface area contributed by atoms with Gasteiger partial charge in [-0.1, -0.05) is 77.6 Å². The van der Waals surface area contributed by atoms with Gasteiger partial charge in [0, 0.05) is 24.9 Å². The average Bonchev–Trinajstić information content (AvgIpc) is 3.19. The van der Waals surface area contributed by atoms with Crippen LogP contribution in [0.1, 0.15) is 109 Å². The fraction of sp³-hybridized carbons (Fsp3) is 0.818. The summed E-state index contributed by atoms with van der Waals surface area (Å²) in [6.07, 6.45) is 24.4. The number of esters is 1. The van der Waals surface area contributed by atoms with Gasteiger partial charge in [0.15, 0.2) is 0 Å². The third-order valence-electron chi connectivity index (χ3n) is 5.23. The maximum atomic E-state index is 11.1. The van der Waals surface area contributed by atoms with E-state index in [0.29, 0.717) is 12.5 Å². The molecular weight excluding hydrogens is 324 g/mol. The number of aromatic nitrogens is 2. The van der Waals surface area contributed by atoms with Crippen molar-refractivity contribution in [3.63, 3.8) is 0 Å². The molecule has 0 N–H and O–H groups in total. The highest BCUT2D eigenvalue weighted by Gasteiger charge is 2.10. The molecule has 1 rings (SSSR count). The van der Waals surface area contributed by atoms with Gasteiger partial charge in [-0.05, 0) is 19.3 Å². The molecule has 1 heterocycles. The number of ether oxygens (including phenoxy) is 1. The van der Waals surface area contributed by atoms with Crippen LogP contribution in [0.4, 0.5) is 0 Å². The molecule has 0 aliphatic heterocycles. The molecule has 150 valence electrons. The summed E-state index contributed by atoms with van der Waals surface area (Å²) in [6, 6.07) is 0.582. The fourth-order valence-corrected chi connectivity index (χ4v) is 3.55. The number of carbonyl (C=O) groups is 1. The van der Waals surface area contributed by atoms with Crippen molar-refractivity contribution in [2.24, 2.45) is 0 Å². The Morgan fingerprint density at radius 3 is 2.04 bits per heavy atom. The van der Waals surface area contributed by atoms with E-state index in [1.807, 2.05) is 12.5 Å². The minimum atomic E-state index is -0.0870. The van der Waals surface area contributed by atoms with Gasteiger partial charge in [0.25, 0.3) is 0 Å². The van der Waals surface area contributed by atoms with E-state index >= 15 is 0 Å². The van der Waals surface area contributed by atoms with E-state index in [-0.39, 0.29) is 5.97 Å². The van der Waals surface area contributed by atoms with Crippen LogP contribution in [0.2, 0.25) is 0 Å². The number of imidazole rings is 1. The molecule has 0 saturated heterocycles. The van der Waals surface area contributed by atoms with Crippen LogP contribution in [0.15, 0.2) is 18.7 Å². The van der Waals surface area contributed by atoms with Gasteiger partial charge in [0.1, 0.15) is 0 Å². The highest BCUT2D eigenvalue weighted by atomic mass is 16.5. The predicted octanol–water partition coefficient (Wildman–Crippen LogP) is 6.47. The average molecular weight is 365 g/mol. The Balaban J connectivity index is 2.13. The lowest BCUT2D eigenvalue weighted by molar-refractivity contribution is -0.140. The second-order valence-electron chi connectivity index (χ2n) is 7.46. The van der Waals surface area contributed by atoms with Crippen LogP contribution < -0.4 is 0 Å². The van der Waals surface area contributed by atoms with Gasteiger partial charge in [-0.3, -0.25) is 4.79 Å². The first-order chi connectivity index (χ1) is 12.8. The van der Waals surface area contributed by atoms with Gasteiger partial charge >= 0.3 is 5.97 Å². The van der Waals surface area contributed by atoms with Crippen LogP contribution >= 0.6 is 0 Å². The summed E-state index contributed by atoms with van der Waals surface area (Å²) < 4.78 is 6.97. The zero-order valence-corrected chi connectivity index (χ0v) is 17.1. The zero-order chi connectivity index (χ0) is 18.9. The molecule has 26 heavy (non-hydrogen) atoms. The normalized spacial score (nSPS) is 12.2. The number of carbonyl (C=O) groups excluding carboxylic acids is 1. The summed E-state index contributed by atoms with van der Waals surface area (Å²) in [7, 11) is 1.46. The summed E-state index contributed by atoms with van der Waals surface area (Å²) in [6.45, 7) is 2.27. The molecule has 0 fully saturated rings. The van der Waals surface area contributed by atoms with Crippen molar-refractivity contribution >= 4 is 5.97 Å². The zero-order valence-electron chi connectivity index (χ0n) is 17.1. The molecule has 0 aliphatic carbocycles. The Bertz CT molecular complexity index is 431. The first-order valence-electron chi connectivity index (χ1n) is 10.8. The van der Waals surface area contributed by atoms with E-state index in [2.05, 4.69) is 27.4 Å². The second kappa shape index (κ2) is 15.9. The van der Waals surface area contributed by atoms with Crippen LogP contribution in [0, 0.1) is 0 Å². The molecule has 0 aromatic carbocycles. The third kappa shape index (κ3) is 11.3. The minimum Gasteiger partial charge on any atom is -0.469 e. The first kappa shape index (κ1) is 22.7. The topological polar surface area (TPSA) is 44.1 Å². The van der Waals surface area contributed by atoms with Crippen molar-refractivity contribution < 1.29 is 9.53 Å². The van der Waals surface area contributed by atoms with Gasteiger partial charge in [-0.15, -0.1) is 0 Å². The number of hydrogen-bond acceptors (Lipinski definition) is 3. The molecule has 0 aliphatic rings. The largest absolute Gasteiger partial charge is 0.469 e. The number of unbranched alkanes of at least 4 members (excludes halogenated alkanes) is 10. The summed E-state index contributed by atoms with van der Waals surface area (Å²) in [4.78, 5) is 15.3. The van der Waals surface area contributed by atoms with Crippen molar-refractivity contribution in [3.8, 4) is 0 Å². The molecule has 1 unspecified atom stereocenters. The molecule has 0 amide bonds. The molecule has 0 bridgehead atoms. The van der Waals surface area contributed by atoms with Crippen molar-refractivity contribution in [3.05, 3.63) is 18.7 Å². The smallest absolute Gasteiger partial charge is 0.305 e. The van der Waals surface area contributed by atoms with E-state index < -0.39 is 0 Å². The molecule has 0 radical (unpaired) electrons. The van der Waals surface area contributed by atoms with E-state index in [0.717, 1.165) is 12.8 Å². The van der Waals surface area contributed by atoms with Crippen LogP contribution in [-0.2, 0) is 9.53 Å². The van der Waals surface area contributed by atoms with Gasteiger partial charge < -0.3 is 9.30 Å². The van der Waals surface area contributed by atoms with E-state index in [1.54, 1.807) is 0 Å². The second-order valence-corrected chi connectivity index (χ2v) is 7.46. The first-order valence-corrected chi connectivity index (χ1v) is 10.8. The van der Waals surface area contributed by atoms with Gasteiger partial charge in [-0.2, -0.15) is 0 Å².